The summed E-state index contributed by atoms with van der Waals surface area (Å²) in [6.45, 7) is 17.9. The van der Waals surface area contributed by atoms with Gasteiger partial charge in [-0.2, -0.15) is 0 Å². The number of carbonyl (C=O) groups excluding carboxylic acids is 3. The van der Waals surface area contributed by atoms with Crippen molar-refractivity contribution in [3.05, 3.63) is 49.6 Å². The van der Waals surface area contributed by atoms with Gasteiger partial charge in [-0.05, 0) is 63.3 Å². The Labute approximate surface area is 275 Å². The van der Waals surface area contributed by atoms with Gasteiger partial charge in [0, 0.05) is 41.1 Å². The first-order valence-electron chi connectivity index (χ1n) is 15.9. The molecule has 3 aliphatic rings. The number of unbranched alkanes of at least 4 members (excludes halogenated alkanes) is 1. The Balaban J connectivity index is 1.78. The molecular formula is C34H48BrN3O5S. The molecule has 8 nitrogen and oxygen atoms in total. The lowest BCUT2D eigenvalue weighted by Crippen LogP contribution is -2.59. The Hall–Kier alpha value is -2.30. The molecule has 1 aromatic carbocycles. The maximum Gasteiger partial charge on any atom is 0.310 e. The molecule has 2 bridgehead atoms. The van der Waals surface area contributed by atoms with Gasteiger partial charge in [0.1, 0.15) is 6.04 Å². The van der Waals surface area contributed by atoms with Crippen LogP contribution in [-0.2, 0) is 19.1 Å². The molecule has 3 saturated heterocycles. The van der Waals surface area contributed by atoms with Gasteiger partial charge >= 0.3 is 5.97 Å². The zero-order chi connectivity index (χ0) is 32.2. The molecule has 1 spiro atoms. The maximum absolute atomic E-state index is 14.9. The van der Waals surface area contributed by atoms with Crippen LogP contribution in [0.2, 0.25) is 0 Å². The van der Waals surface area contributed by atoms with Crippen LogP contribution in [0, 0.1) is 17.8 Å². The summed E-state index contributed by atoms with van der Waals surface area (Å²) >= 11 is 5.41. The van der Waals surface area contributed by atoms with Crippen LogP contribution in [0.15, 0.2) is 49.6 Å². The Morgan fingerprint density at radius 3 is 2.41 bits per heavy atom. The minimum absolute atomic E-state index is 0.0537. The molecule has 10 heteroatoms. The molecule has 3 aliphatic heterocycles. The van der Waals surface area contributed by atoms with Crippen LogP contribution in [-0.4, -0.2) is 87.5 Å². The minimum atomic E-state index is -0.859. The molecule has 0 aliphatic carbocycles. The van der Waals surface area contributed by atoms with Gasteiger partial charge in [0.2, 0.25) is 5.91 Å². The number of thioether (sulfide) groups is 1. The van der Waals surface area contributed by atoms with Crippen molar-refractivity contribution < 1.29 is 24.2 Å². The van der Waals surface area contributed by atoms with Crippen LogP contribution in [0.4, 0.5) is 11.4 Å². The highest BCUT2D eigenvalue weighted by Gasteiger charge is 2.77. The predicted molar refractivity (Wildman–Crippen MR) is 182 cm³/mol. The number of rotatable bonds is 16. The summed E-state index contributed by atoms with van der Waals surface area (Å²) in [5.41, 5.74) is 1.79. The molecule has 0 saturated carbocycles. The van der Waals surface area contributed by atoms with Crippen molar-refractivity contribution in [2.75, 3.05) is 42.6 Å². The van der Waals surface area contributed by atoms with Crippen molar-refractivity contribution in [2.24, 2.45) is 17.8 Å². The molecule has 4 rings (SSSR count). The fourth-order valence-electron chi connectivity index (χ4n) is 7.32. The number of ether oxygens (including phenoxy) is 1. The smallest absolute Gasteiger partial charge is 0.310 e. The van der Waals surface area contributed by atoms with Gasteiger partial charge in [0.05, 0.1) is 35.8 Å². The fourth-order valence-corrected chi connectivity index (χ4v) is 10.9. The molecule has 242 valence electrons. The van der Waals surface area contributed by atoms with E-state index in [1.807, 2.05) is 38.1 Å². The number of carbonyl (C=O) groups is 3. The highest BCUT2D eigenvalue weighted by molar-refractivity contribution is 9.09. The number of hydrogen-bond acceptors (Lipinski definition) is 7. The van der Waals surface area contributed by atoms with E-state index >= 15 is 0 Å². The third kappa shape index (κ3) is 6.10. The Bertz CT molecular complexity index is 1210. The topological polar surface area (TPSA) is 90.4 Å². The quantitative estimate of drug-likeness (QED) is 0.107. The summed E-state index contributed by atoms with van der Waals surface area (Å²) in [6.07, 6.45) is 6.17. The van der Waals surface area contributed by atoms with Crippen molar-refractivity contribution in [1.29, 1.82) is 0 Å². The summed E-state index contributed by atoms with van der Waals surface area (Å²) in [5, 5.41) is 10.5. The van der Waals surface area contributed by atoms with Gasteiger partial charge in [0.25, 0.3) is 5.91 Å². The number of benzene rings is 1. The molecule has 8 atom stereocenters. The van der Waals surface area contributed by atoms with E-state index in [1.165, 1.54) is 0 Å². The lowest BCUT2D eigenvalue weighted by molar-refractivity contribution is -0.154. The van der Waals surface area contributed by atoms with Crippen molar-refractivity contribution in [3.63, 3.8) is 0 Å². The molecule has 44 heavy (non-hydrogen) atoms. The van der Waals surface area contributed by atoms with E-state index in [0.717, 1.165) is 31.6 Å². The summed E-state index contributed by atoms with van der Waals surface area (Å²) in [5.74, 6) is -2.27. The summed E-state index contributed by atoms with van der Waals surface area (Å²) in [4.78, 5) is 48.7. The first-order chi connectivity index (χ1) is 21.1. The molecule has 0 aromatic heterocycles. The average molecular weight is 691 g/mol. The van der Waals surface area contributed by atoms with E-state index < -0.39 is 28.7 Å². The molecule has 1 aromatic rings. The van der Waals surface area contributed by atoms with Crippen molar-refractivity contribution in [2.45, 2.75) is 80.3 Å². The second kappa shape index (κ2) is 14.9. The van der Waals surface area contributed by atoms with E-state index in [-0.39, 0.29) is 53.5 Å². The van der Waals surface area contributed by atoms with Crippen molar-refractivity contribution in [3.8, 4) is 0 Å². The molecule has 3 fully saturated rings. The number of nitrogens with zero attached hydrogens (tertiary/aromatic N) is 3. The van der Waals surface area contributed by atoms with Crippen LogP contribution < -0.4 is 9.80 Å². The van der Waals surface area contributed by atoms with E-state index in [0.29, 0.717) is 18.5 Å². The van der Waals surface area contributed by atoms with E-state index in [4.69, 9.17) is 4.74 Å². The summed E-state index contributed by atoms with van der Waals surface area (Å²) in [7, 11) is 0. The second-order valence-corrected chi connectivity index (χ2v) is 14.8. The maximum atomic E-state index is 14.9. The third-order valence-corrected chi connectivity index (χ3v) is 13.0. The number of esters is 1. The number of hydrogen-bond donors (Lipinski definition) is 1. The minimum Gasteiger partial charge on any atom is -0.465 e. The van der Waals surface area contributed by atoms with E-state index in [9.17, 15) is 19.5 Å². The summed E-state index contributed by atoms with van der Waals surface area (Å²) < 4.78 is 4.89. The Kier molecular flexibility index (Phi) is 11.7. The Morgan fingerprint density at radius 2 is 1.84 bits per heavy atom. The first kappa shape index (κ1) is 34.6. The van der Waals surface area contributed by atoms with Crippen LogP contribution >= 0.6 is 27.7 Å². The zero-order valence-electron chi connectivity index (χ0n) is 26.5. The Morgan fingerprint density at radius 1 is 1.18 bits per heavy atom. The number of fused-ring (bicyclic) bond motifs is 1. The second-order valence-electron chi connectivity index (χ2n) is 12.1. The highest BCUT2D eigenvalue weighted by atomic mass is 79.9. The number of alkyl halides is 1. The predicted octanol–water partition coefficient (Wildman–Crippen LogP) is 5.43. The van der Waals surface area contributed by atoms with Crippen LogP contribution in [0.1, 0.15) is 53.4 Å². The summed E-state index contributed by atoms with van der Waals surface area (Å²) in [6, 6.07) is 6.50. The van der Waals surface area contributed by atoms with E-state index in [2.05, 4.69) is 47.8 Å². The molecule has 3 unspecified atom stereocenters. The number of anilines is 2. The van der Waals surface area contributed by atoms with Crippen LogP contribution in [0.25, 0.3) is 0 Å². The lowest BCUT2D eigenvalue weighted by atomic mass is 9.71. The van der Waals surface area contributed by atoms with Gasteiger partial charge in [-0.3, -0.25) is 14.4 Å². The van der Waals surface area contributed by atoms with Gasteiger partial charge in [-0.25, -0.2) is 0 Å². The highest BCUT2D eigenvalue weighted by Crippen LogP contribution is 2.68. The average Bonchev–Trinajstić information content (AvgIpc) is 3.62. The number of likely N-dealkylation sites (tertiary alicyclic amines) is 1. The van der Waals surface area contributed by atoms with Crippen molar-refractivity contribution in [1.82, 2.24) is 4.90 Å². The number of aliphatic hydroxyl groups is 1. The first-order valence-corrected chi connectivity index (χ1v) is 17.7. The molecule has 0 radical (unpaired) electrons. The normalized spacial score (nSPS) is 28.4. The molecule has 1 N–H and O–H groups in total. The lowest BCUT2D eigenvalue weighted by Gasteiger charge is -2.41. The SMILES string of the molecule is C=CCCCOC(=O)[C@H]1[C@@H]2SC3(CC2Br)C(C(=O)N(CC=C)c2ccc(N(CC)CC)cc2)N([C@@H](CO)[C@@H](C)CC)C(=O)[C@H]13. The molecule has 2 amide bonds. The zero-order valence-corrected chi connectivity index (χ0v) is 28.9. The standard InChI is InChI=1S/C34H48BrN3O5S/c1-7-12-13-19-43-33(42)27-28-31(40)38(26(21-39)22(6)9-3)30(34(28)20-25(35)29(27)44-34)32(41)37(18-8-2)24-16-14-23(15-17-24)36(10-4)11-5/h7-8,14-17,22,25-30,39H,1-2,9-13,18-21H2,3-6H3/t22-,25?,26-,27+,28-,29+,30?,34?/m0/s1. The number of halogens is 1. The number of aliphatic hydroxyl groups excluding tert-OH is 1. The molecular weight excluding hydrogens is 642 g/mol. The van der Waals surface area contributed by atoms with Crippen LogP contribution in [0.3, 0.4) is 0 Å². The van der Waals surface area contributed by atoms with Gasteiger partial charge in [0.15, 0.2) is 0 Å². The fraction of sp³-hybridized carbons (Fsp3) is 0.618. The van der Waals surface area contributed by atoms with Gasteiger partial charge in [-0.15, -0.1) is 24.9 Å². The number of amides is 2. The number of allylic oxidation sites excluding steroid dienone is 1. The van der Waals surface area contributed by atoms with Crippen molar-refractivity contribution >= 4 is 56.9 Å². The van der Waals surface area contributed by atoms with E-state index in [1.54, 1.807) is 33.7 Å². The van der Waals surface area contributed by atoms with Gasteiger partial charge < -0.3 is 24.5 Å². The van der Waals surface area contributed by atoms with Crippen LogP contribution in [0.5, 0.6) is 0 Å². The molecule has 3 heterocycles. The monoisotopic (exact) mass is 689 g/mol. The third-order valence-electron chi connectivity index (χ3n) is 9.74. The van der Waals surface area contributed by atoms with Gasteiger partial charge in [-0.1, -0.05) is 48.4 Å². The largest absolute Gasteiger partial charge is 0.465 e.